The van der Waals surface area contributed by atoms with Gasteiger partial charge in [0.05, 0.1) is 0 Å². The minimum Gasteiger partial charge on any atom is -0.370 e. The van der Waals surface area contributed by atoms with Crippen LogP contribution in [-0.2, 0) is 0 Å². The van der Waals surface area contributed by atoms with Crippen molar-refractivity contribution in [2.24, 2.45) is 0 Å². The maximum Gasteiger partial charge on any atom is 0.190 e. The smallest absolute Gasteiger partial charge is 0.190 e. The van der Waals surface area contributed by atoms with E-state index in [1.165, 1.54) is 35.7 Å². The second-order valence-electron chi connectivity index (χ2n) is 4.06. The first kappa shape index (κ1) is 15.1. The largest absolute Gasteiger partial charge is 0.370 e. The molecule has 0 aliphatic carbocycles. The number of hydrogen-bond acceptors (Lipinski definition) is 5. The summed E-state index contributed by atoms with van der Waals surface area (Å²) in [7, 11) is 0. The number of anilines is 1. The first-order valence-electron chi connectivity index (χ1n) is 6.31. The highest BCUT2D eigenvalue weighted by Crippen LogP contribution is 2.28. The van der Waals surface area contributed by atoms with E-state index in [2.05, 4.69) is 22.2 Å². The van der Waals surface area contributed by atoms with E-state index in [1.54, 1.807) is 12.1 Å². The fourth-order valence-corrected chi connectivity index (χ4v) is 2.77. The molecular formula is C14H16FN3S2. The molecule has 0 fully saturated rings. The van der Waals surface area contributed by atoms with Crippen molar-refractivity contribution in [3.8, 4) is 0 Å². The first-order valence-corrected chi connectivity index (χ1v) is 8.35. The molecule has 6 heteroatoms. The molecule has 1 heterocycles. The van der Waals surface area contributed by atoms with Gasteiger partial charge in [-0.1, -0.05) is 30.4 Å². The lowest BCUT2D eigenvalue weighted by atomic mass is 10.4. The zero-order chi connectivity index (χ0) is 14.4. The first-order chi connectivity index (χ1) is 9.71. The summed E-state index contributed by atoms with van der Waals surface area (Å²) >= 11 is 3.01. The third-order valence-corrected chi connectivity index (χ3v) is 3.93. The molecule has 2 rings (SSSR count). The van der Waals surface area contributed by atoms with Crippen molar-refractivity contribution in [1.29, 1.82) is 0 Å². The summed E-state index contributed by atoms with van der Waals surface area (Å²) in [5.41, 5.74) is 0. The second-order valence-corrected chi connectivity index (χ2v) is 5.93. The highest BCUT2D eigenvalue weighted by Gasteiger charge is 2.06. The van der Waals surface area contributed by atoms with Gasteiger partial charge in [0.1, 0.15) is 16.7 Å². The van der Waals surface area contributed by atoms with Crippen LogP contribution in [0.2, 0.25) is 0 Å². The van der Waals surface area contributed by atoms with Crippen LogP contribution in [0.5, 0.6) is 0 Å². The van der Waals surface area contributed by atoms with Crippen LogP contribution in [-0.4, -0.2) is 22.8 Å². The van der Waals surface area contributed by atoms with Gasteiger partial charge in [0, 0.05) is 17.5 Å². The number of benzene rings is 1. The number of thioether (sulfide) groups is 1. The van der Waals surface area contributed by atoms with Gasteiger partial charge in [0.2, 0.25) is 0 Å². The quantitative estimate of drug-likeness (QED) is 0.489. The third kappa shape index (κ3) is 4.38. The molecule has 0 amide bonds. The Balaban J connectivity index is 2.19. The van der Waals surface area contributed by atoms with E-state index >= 15 is 0 Å². The molecule has 1 aromatic carbocycles. The molecule has 1 aromatic heterocycles. The number of hydrogen-bond donors (Lipinski definition) is 1. The van der Waals surface area contributed by atoms with Gasteiger partial charge in [0.15, 0.2) is 5.16 Å². The summed E-state index contributed by atoms with van der Waals surface area (Å²) in [5.74, 6) is 0.600. The summed E-state index contributed by atoms with van der Waals surface area (Å²) in [6.07, 6.45) is 2.99. The number of halogens is 1. The molecular weight excluding hydrogens is 293 g/mol. The van der Waals surface area contributed by atoms with Gasteiger partial charge < -0.3 is 5.32 Å². The lowest BCUT2D eigenvalue weighted by Gasteiger charge is -2.08. The van der Waals surface area contributed by atoms with Crippen LogP contribution in [0, 0.1) is 5.82 Å². The van der Waals surface area contributed by atoms with Crippen molar-refractivity contribution in [3.05, 3.63) is 36.1 Å². The Morgan fingerprint density at radius 2 is 1.95 bits per heavy atom. The van der Waals surface area contributed by atoms with E-state index in [-0.39, 0.29) is 5.82 Å². The van der Waals surface area contributed by atoms with E-state index in [0.717, 1.165) is 33.9 Å². The Kier molecular flexibility index (Phi) is 5.67. The monoisotopic (exact) mass is 309 g/mol. The Morgan fingerprint density at radius 3 is 2.60 bits per heavy atom. The molecule has 3 nitrogen and oxygen atoms in total. The van der Waals surface area contributed by atoms with Crippen molar-refractivity contribution in [1.82, 2.24) is 9.97 Å². The van der Waals surface area contributed by atoms with E-state index in [1.807, 2.05) is 12.3 Å². The van der Waals surface area contributed by atoms with Gasteiger partial charge in [-0.3, -0.25) is 0 Å². The minimum atomic E-state index is -0.229. The van der Waals surface area contributed by atoms with Crippen molar-refractivity contribution >= 4 is 29.3 Å². The Bertz CT molecular complexity index is 561. The average Bonchev–Trinajstić information content (AvgIpc) is 2.47. The van der Waals surface area contributed by atoms with E-state index in [9.17, 15) is 4.39 Å². The van der Waals surface area contributed by atoms with Crippen molar-refractivity contribution < 1.29 is 4.39 Å². The van der Waals surface area contributed by atoms with Crippen LogP contribution in [0.15, 0.2) is 45.4 Å². The molecule has 0 aliphatic rings. The molecule has 2 aromatic rings. The summed E-state index contributed by atoms with van der Waals surface area (Å²) < 4.78 is 12.9. The topological polar surface area (TPSA) is 37.8 Å². The molecule has 0 radical (unpaired) electrons. The molecule has 0 aliphatic heterocycles. The summed E-state index contributed by atoms with van der Waals surface area (Å²) in [6.45, 7) is 2.99. The maximum atomic E-state index is 12.9. The summed E-state index contributed by atoms with van der Waals surface area (Å²) in [6, 6.07) is 8.33. The van der Waals surface area contributed by atoms with Crippen LogP contribution in [0.1, 0.15) is 13.3 Å². The molecule has 106 valence electrons. The Labute approximate surface area is 126 Å². The molecule has 0 atom stereocenters. The van der Waals surface area contributed by atoms with Crippen LogP contribution in [0.3, 0.4) is 0 Å². The minimum absolute atomic E-state index is 0.229. The molecule has 1 N–H and O–H groups in total. The van der Waals surface area contributed by atoms with Gasteiger partial charge >= 0.3 is 0 Å². The molecule has 20 heavy (non-hydrogen) atoms. The Morgan fingerprint density at radius 1 is 1.20 bits per heavy atom. The van der Waals surface area contributed by atoms with E-state index in [0.29, 0.717) is 0 Å². The SMILES string of the molecule is CCCNc1cc(Sc2ccc(F)cc2)nc(SC)n1. The molecule has 0 bridgehead atoms. The number of rotatable bonds is 6. The van der Waals surface area contributed by atoms with Crippen molar-refractivity contribution in [3.63, 3.8) is 0 Å². The highest BCUT2D eigenvalue weighted by atomic mass is 32.2. The van der Waals surface area contributed by atoms with Gasteiger partial charge in [-0.25, -0.2) is 14.4 Å². The molecule has 0 spiro atoms. The zero-order valence-electron chi connectivity index (χ0n) is 11.4. The van der Waals surface area contributed by atoms with E-state index in [4.69, 9.17) is 0 Å². The highest BCUT2D eigenvalue weighted by molar-refractivity contribution is 7.99. The van der Waals surface area contributed by atoms with Gasteiger partial charge in [-0.05, 0) is 36.9 Å². The number of aromatic nitrogens is 2. The van der Waals surface area contributed by atoms with Crippen LogP contribution < -0.4 is 5.32 Å². The van der Waals surface area contributed by atoms with Gasteiger partial charge in [-0.2, -0.15) is 0 Å². The van der Waals surface area contributed by atoms with Crippen LogP contribution in [0.25, 0.3) is 0 Å². The Hall–Kier alpha value is -1.27. The predicted octanol–water partition coefficient (Wildman–Crippen LogP) is 4.31. The van der Waals surface area contributed by atoms with Crippen molar-refractivity contribution in [2.45, 2.75) is 28.4 Å². The number of nitrogens with one attached hydrogen (secondary N) is 1. The van der Waals surface area contributed by atoms with Crippen LogP contribution >= 0.6 is 23.5 Å². The summed E-state index contributed by atoms with van der Waals surface area (Å²) in [4.78, 5) is 9.83. The fraction of sp³-hybridized carbons (Fsp3) is 0.286. The van der Waals surface area contributed by atoms with Crippen LogP contribution in [0.4, 0.5) is 10.2 Å². The maximum absolute atomic E-state index is 12.9. The molecule has 0 unspecified atom stereocenters. The van der Waals surface area contributed by atoms with Gasteiger partial charge in [0.25, 0.3) is 0 Å². The van der Waals surface area contributed by atoms with Crippen molar-refractivity contribution in [2.75, 3.05) is 18.1 Å². The fourth-order valence-electron chi connectivity index (χ4n) is 1.51. The van der Waals surface area contributed by atoms with Gasteiger partial charge in [-0.15, -0.1) is 0 Å². The molecule has 0 saturated heterocycles. The second kappa shape index (κ2) is 7.50. The lowest BCUT2D eigenvalue weighted by Crippen LogP contribution is -2.03. The standard InChI is InChI=1S/C14H16FN3S2/c1-3-8-16-12-9-13(18-14(17-12)19-2)20-11-6-4-10(15)5-7-11/h4-7,9H,3,8H2,1-2H3,(H,16,17,18). The summed E-state index contributed by atoms with van der Waals surface area (Å²) in [5, 5.41) is 4.85. The lowest BCUT2D eigenvalue weighted by molar-refractivity contribution is 0.626. The predicted molar refractivity (Wildman–Crippen MR) is 83.1 cm³/mol. The molecule has 0 saturated carbocycles. The third-order valence-electron chi connectivity index (χ3n) is 2.46. The zero-order valence-corrected chi connectivity index (χ0v) is 13.0. The normalized spacial score (nSPS) is 10.6. The average molecular weight is 309 g/mol. The van der Waals surface area contributed by atoms with E-state index < -0.39 is 0 Å². The number of nitrogens with zero attached hydrogens (tertiary/aromatic N) is 2.